The van der Waals surface area contributed by atoms with Crippen molar-refractivity contribution in [2.24, 2.45) is 5.92 Å². The summed E-state index contributed by atoms with van der Waals surface area (Å²) in [6.07, 6.45) is -8.16. The van der Waals surface area contributed by atoms with Crippen molar-refractivity contribution in [1.29, 1.82) is 0 Å². The van der Waals surface area contributed by atoms with Crippen LogP contribution in [0.3, 0.4) is 0 Å². The van der Waals surface area contributed by atoms with E-state index >= 15 is 0 Å². The maximum atomic E-state index is 13.4. The van der Waals surface area contributed by atoms with Gasteiger partial charge in [0.05, 0.1) is 0 Å². The Labute approximate surface area is 243 Å². The zero-order valence-corrected chi connectivity index (χ0v) is 25.2. The summed E-state index contributed by atoms with van der Waals surface area (Å²) in [6, 6.07) is -1.48. The van der Waals surface area contributed by atoms with Crippen LogP contribution in [0.2, 0.25) is 0 Å². The number of carbonyl (C=O) groups excluding carboxylic acids is 7. The highest BCUT2D eigenvalue weighted by Gasteiger charge is 2.53. The molecule has 1 heterocycles. The molecule has 0 aromatic carbocycles. The van der Waals surface area contributed by atoms with Crippen LogP contribution in [-0.2, 0) is 61.9 Å². The molecule has 0 bridgehead atoms. The molecule has 0 saturated carbocycles. The lowest BCUT2D eigenvalue weighted by Gasteiger charge is -2.44. The van der Waals surface area contributed by atoms with E-state index in [4.69, 9.17) is 33.2 Å². The van der Waals surface area contributed by atoms with Gasteiger partial charge in [-0.2, -0.15) is 0 Å². The van der Waals surface area contributed by atoms with Gasteiger partial charge in [-0.1, -0.05) is 13.8 Å². The molecule has 0 aromatic heterocycles. The molecule has 0 aromatic rings. The van der Waals surface area contributed by atoms with Crippen LogP contribution in [0.4, 0.5) is 4.79 Å². The molecule has 16 nitrogen and oxygen atoms in total. The summed E-state index contributed by atoms with van der Waals surface area (Å²) in [5.41, 5.74) is -0.811. The third kappa shape index (κ3) is 12.7. The zero-order chi connectivity index (χ0) is 32.4. The van der Waals surface area contributed by atoms with Crippen LogP contribution >= 0.6 is 0 Å². The molecule has 0 radical (unpaired) electrons. The molecular weight excluding hydrogens is 564 g/mol. The predicted molar refractivity (Wildman–Crippen MR) is 139 cm³/mol. The molecule has 16 heteroatoms. The molecule has 1 aliphatic rings. The minimum absolute atomic E-state index is 0.486. The molecule has 0 aliphatic carbocycles. The van der Waals surface area contributed by atoms with Gasteiger partial charge in [-0.15, -0.1) is 0 Å². The number of nitrogens with one attached hydrogen (secondary N) is 2. The summed E-state index contributed by atoms with van der Waals surface area (Å²) >= 11 is 0. The van der Waals surface area contributed by atoms with E-state index in [1.165, 1.54) is 0 Å². The fourth-order valence-corrected chi connectivity index (χ4v) is 3.70. The Morgan fingerprint density at radius 1 is 0.810 bits per heavy atom. The highest BCUT2D eigenvalue weighted by molar-refractivity contribution is 5.85. The standard InChI is InChI=1S/C26H40N2O14/c1-12(2)20(41-18(33)10-27-25(35)42-26(7,8)9)23(34)28-19-22(38-15(5)31)21(37-14(4)30)17(11-36-13(3)29)40-24(19)39-16(6)32/h12,17,19-22,24H,10-11H2,1-9H3,(H,27,35)(H,28,34)/t17-,19-,20?,21-,22-,24-/m1/s1. The zero-order valence-electron chi connectivity index (χ0n) is 25.2. The van der Waals surface area contributed by atoms with Gasteiger partial charge in [-0.3, -0.25) is 28.8 Å². The highest BCUT2D eigenvalue weighted by Crippen LogP contribution is 2.28. The van der Waals surface area contributed by atoms with Crippen molar-refractivity contribution in [3.8, 4) is 0 Å². The van der Waals surface area contributed by atoms with E-state index in [0.717, 1.165) is 27.7 Å². The molecule has 6 atom stereocenters. The quantitative estimate of drug-likeness (QED) is 0.240. The van der Waals surface area contributed by atoms with Gasteiger partial charge in [0, 0.05) is 27.7 Å². The lowest BCUT2D eigenvalue weighted by molar-refractivity contribution is -0.271. The van der Waals surface area contributed by atoms with Crippen LogP contribution < -0.4 is 10.6 Å². The molecule has 238 valence electrons. The average molecular weight is 605 g/mol. The van der Waals surface area contributed by atoms with Gasteiger partial charge in [0.2, 0.25) is 6.29 Å². The lowest BCUT2D eigenvalue weighted by atomic mass is 9.95. The van der Waals surface area contributed by atoms with Gasteiger partial charge in [-0.25, -0.2) is 4.79 Å². The second-order valence-electron chi connectivity index (χ2n) is 10.6. The summed E-state index contributed by atoms with van der Waals surface area (Å²) in [5, 5.41) is 4.72. The van der Waals surface area contributed by atoms with Gasteiger partial charge in [-0.05, 0) is 26.7 Å². The van der Waals surface area contributed by atoms with Gasteiger partial charge < -0.3 is 43.8 Å². The van der Waals surface area contributed by atoms with E-state index in [9.17, 15) is 33.6 Å². The SMILES string of the molecule is CC(=O)OC[C@H]1O[C@@H](OC(C)=O)[C@H](NC(=O)C(OC(=O)CNC(=O)OC(C)(C)C)C(C)C)[C@@H](OC(C)=O)[C@@H]1OC(C)=O. The molecule has 2 amide bonds. The van der Waals surface area contributed by atoms with Gasteiger partial charge >= 0.3 is 35.9 Å². The van der Waals surface area contributed by atoms with E-state index in [2.05, 4.69) is 10.6 Å². The first kappa shape index (κ1) is 36.1. The average Bonchev–Trinajstić information content (AvgIpc) is 2.81. The minimum Gasteiger partial charge on any atom is -0.463 e. The molecule has 1 unspecified atom stereocenters. The summed E-state index contributed by atoms with van der Waals surface area (Å²) < 4.78 is 37.0. The molecule has 1 fully saturated rings. The minimum atomic E-state index is -1.62. The number of amides is 2. The van der Waals surface area contributed by atoms with Crippen LogP contribution in [-0.4, -0.2) is 97.3 Å². The maximum Gasteiger partial charge on any atom is 0.408 e. The topological polar surface area (TPSA) is 208 Å². The third-order valence-electron chi connectivity index (χ3n) is 5.19. The summed E-state index contributed by atoms with van der Waals surface area (Å²) in [5.74, 6) is -5.73. The Bertz CT molecular complexity index is 1020. The Balaban J connectivity index is 3.28. The third-order valence-corrected chi connectivity index (χ3v) is 5.19. The van der Waals surface area contributed by atoms with Crippen LogP contribution in [0.25, 0.3) is 0 Å². The molecule has 1 aliphatic heterocycles. The van der Waals surface area contributed by atoms with Crippen molar-refractivity contribution in [2.45, 2.75) is 105 Å². The number of ether oxygens (including phenoxy) is 7. The van der Waals surface area contributed by atoms with Crippen molar-refractivity contribution in [3.05, 3.63) is 0 Å². The summed E-state index contributed by atoms with van der Waals surface area (Å²) in [4.78, 5) is 85.0. The molecule has 2 N–H and O–H groups in total. The molecular formula is C26H40N2O14. The molecule has 0 spiro atoms. The lowest BCUT2D eigenvalue weighted by Crippen LogP contribution is -2.67. The number of hydrogen-bond donors (Lipinski definition) is 2. The first-order chi connectivity index (χ1) is 19.3. The van der Waals surface area contributed by atoms with E-state index in [-0.39, 0.29) is 0 Å². The van der Waals surface area contributed by atoms with Crippen molar-refractivity contribution >= 4 is 41.8 Å². The number of esters is 5. The van der Waals surface area contributed by atoms with Crippen molar-refractivity contribution in [3.63, 3.8) is 0 Å². The maximum absolute atomic E-state index is 13.4. The van der Waals surface area contributed by atoms with Crippen LogP contribution in [0.1, 0.15) is 62.3 Å². The predicted octanol–water partition coefficient (Wildman–Crippen LogP) is 0.278. The summed E-state index contributed by atoms with van der Waals surface area (Å²) in [6.45, 7) is 11.2. The van der Waals surface area contributed by atoms with Crippen molar-refractivity contribution in [1.82, 2.24) is 10.6 Å². The smallest absolute Gasteiger partial charge is 0.408 e. The van der Waals surface area contributed by atoms with E-state index < -0.39 is 103 Å². The molecule has 42 heavy (non-hydrogen) atoms. The van der Waals surface area contributed by atoms with Crippen molar-refractivity contribution in [2.75, 3.05) is 13.2 Å². The summed E-state index contributed by atoms with van der Waals surface area (Å²) in [7, 11) is 0. The largest absolute Gasteiger partial charge is 0.463 e. The first-order valence-electron chi connectivity index (χ1n) is 13.1. The Morgan fingerprint density at radius 2 is 1.36 bits per heavy atom. The van der Waals surface area contributed by atoms with E-state index in [1.54, 1.807) is 34.6 Å². The number of hydrogen-bond acceptors (Lipinski definition) is 14. The second-order valence-corrected chi connectivity index (χ2v) is 10.6. The van der Waals surface area contributed by atoms with Gasteiger partial charge in [0.15, 0.2) is 18.3 Å². The highest BCUT2D eigenvalue weighted by atomic mass is 16.7. The number of alkyl carbamates (subject to hydrolysis) is 1. The van der Waals surface area contributed by atoms with Gasteiger partial charge in [0.25, 0.3) is 5.91 Å². The Hall–Kier alpha value is -3.95. The Kier molecular flexibility index (Phi) is 13.6. The molecule has 1 saturated heterocycles. The van der Waals surface area contributed by atoms with Crippen LogP contribution in [0.15, 0.2) is 0 Å². The number of carbonyl (C=O) groups is 7. The first-order valence-corrected chi connectivity index (χ1v) is 13.1. The normalized spacial score (nSPS) is 22.6. The molecule has 1 rings (SSSR count). The monoisotopic (exact) mass is 604 g/mol. The van der Waals surface area contributed by atoms with Crippen LogP contribution in [0, 0.1) is 5.92 Å². The fraction of sp³-hybridized carbons (Fsp3) is 0.731. The van der Waals surface area contributed by atoms with Gasteiger partial charge in [0.1, 0.15) is 30.9 Å². The number of rotatable bonds is 11. The second kappa shape index (κ2) is 15.9. The fourth-order valence-electron chi connectivity index (χ4n) is 3.70. The van der Waals surface area contributed by atoms with E-state index in [1.807, 2.05) is 0 Å². The van der Waals surface area contributed by atoms with Crippen LogP contribution in [0.5, 0.6) is 0 Å². The Morgan fingerprint density at radius 3 is 1.83 bits per heavy atom. The van der Waals surface area contributed by atoms with E-state index in [0.29, 0.717) is 0 Å². The van der Waals surface area contributed by atoms with Crippen molar-refractivity contribution < 1.29 is 66.7 Å².